The van der Waals surface area contributed by atoms with Crippen molar-refractivity contribution in [2.45, 2.75) is 12.5 Å². The van der Waals surface area contributed by atoms with Gasteiger partial charge in [-0.2, -0.15) is 0 Å². The van der Waals surface area contributed by atoms with E-state index < -0.39 is 17.9 Å². The highest BCUT2D eigenvalue weighted by Crippen LogP contribution is 2.20. The Kier molecular flexibility index (Phi) is 5.19. The van der Waals surface area contributed by atoms with Crippen molar-refractivity contribution in [2.24, 2.45) is 0 Å². The van der Waals surface area contributed by atoms with Crippen LogP contribution in [0.25, 0.3) is 0 Å². The van der Waals surface area contributed by atoms with E-state index in [-0.39, 0.29) is 17.7 Å². The zero-order chi connectivity index (χ0) is 16.8. The van der Waals surface area contributed by atoms with Crippen LogP contribution >= 0.6 is 0 Å². The second-order valence-electron chi connectivity index (χ2n) is 5.02. The summed E-state index contributed by atoms with van der Waals surface area (Å²) in [4.78, 5) is 24.2. The van der Waals surface area contributed by atoms with Gasteiger partial charge in [-0.15, -0.1) is 0 Å². The molecule has 0 radical (unpaired) electrons. The van der Waals surface area contributed by atoms with Gasteiger partial charge in [0.2, 0.25) is 0 Å². The first-order valence-electron chi connectivity index (χ1n) is 7.02. The number of esters is 1. The van der Waals surface area contributed by atoms with Crippen LogP contribution in [-0.2, 0) is 16.0 Å². The lowest BCUT2D eigenvalue weighted by atomic mass is 10.1. The first-order chi connectivity index (χ1) is 11.0. The molecular weight excluding hydrogens is 296 g/mol. The van der Waals surface area contributed by atoms with Crippen LogP contribution in [0, 0.1) is 0 Å². The third-order valence-corrected chi connectivity index (χ3v) is 3.34. The van der Waals surface area contributed by atoms with Crippen LogP contribution in [0.5, 0.6) is 5.75 Å². The van der Waals surface area contributed by atoms with E-state index in [1.54, 1.807) is 0 Å². The SMILES string of the molecule is COC(=O)[C@H](Cc1ccccc1)NC(=O)c1cc(N)ccc1O. The normalized spacial score (nSPS) is 11.5. The fourth-order valence-electron chi connectivity index (χ4n) is 2.16. The highest BCUT2D eigenvalue weighted by molar-refractivity contribution is 5.99. The molecule has 0 saturated heterocycles. The van der Waals surface area contributed by atoms with Gasteiger partial charge in [-0.3, -0.25) is 4.79 Å². The van der Waals surface area contributed by atoms with E-state index in [0.717, 1.165) is 5.56 Å². The number of hydrogen-bond donors (Lipinski definition) is 3. The van der Waals surface area contributed by atoms with Gasteiger partial charge < -0.3 is 20.9 Å². The van der Waals surface area contributed by atoms with E-state index in [1.807, 2.05) is 30.3 Å². The van der Waals surface area contributed by atoms with E-state index >= 15 is 0 Å². The van der Waals surface area contributed by atoms with Gasteiger partial charge >= 0.3 is 5.97 Å². The van der Waals surface area contributed by atoms with Crippen molar-refractivity contribution in [3.05, 3.63) is 59.7 Å². The fourth-order valence-corrected chi connectivity index (χ4v) is 2.16. The predicted octanol–water partition coefficient (Wildman–Crippen LogP) is 1.49. The Hall–Kier alpha value is -3.02. The summed E-state index contributed by atoms with van der Waals surface area (Å²) in [5, 5.41) is 12.3. The second kappa shape index (κ2) is 7.31. The number of carbonyl (C=O) groups excluding carboxylic acids is 2. The van der Waals surface area contributed by atoms with Crippen LogP contribution in [0.2, 0.25) is 0 Å². The summed E-state index contributed by atoms with van der Waals surface area (Å²) in [6.07, 6.45) is 0.280. The zero-order valence-electron chi connectivity index (χ0n) is 12.7. The van der Waals surface area contributed by atoms with Crippen molar-refractivity contribution in [1.82, 2.24) is 5.32 Å². The summed E-state index contributed by atoms with van der Waals surface area (Å²) < 4.78 is 4.73. The van der Waals surface area contributed by atoms with Gasteiger partial charge in [0.25, 0.3) is 5.91 Å². The average Bonchev–Trinajstić information content (AvgIpc) is 2.56. The molecule has 0 aliphatic rings. The molecule has 0 spiro atoms. The first kappa shape index (κ1) is 16.4. The van der Waals surface area contributed by atoms with Crippen LogP contribution < -0.4 is 11.1 Å². The number of nitrogen functional groups attached to an aromatic ring is 1. The van der Waals surface area contributed by atoms with Gasteiger partial charge in [0.15, 0.2) is 0 Å². The number of phenols is 1. The fraction of sp³-hybridized carbons (Fsp3) is 0.176. The van der Waals surface area contributed by atoms with Crippen LogP contribution in [0.4, 0.5) is 5.69 Å². The topological polar surface area (TPSA) is 102 Å². The number of methoxy groups -OCH3 is 1. The average molecular weight is 314 g/mol. The maximum atomic E-state index is 12.3. The van der Waals surface area contributed by atoms with E-state index in [9.17, 15) is 14.7 Å². The number of carbonyl (C=O) groups is 2. The lowest BCUT2D eigenvalue weighted by Crippen LogP contribution is -2.43. The molecule has 6 heteroatoms. The minimum Gasteiger partial charge on any atom is -0.507 e. The summed E-state index contributed by atoms with van der Waals surface area (Å²) >= 11 is 0. The third-order valence-electron chi connectivity index (χ3n) is 3.34. The number of ether oxygens (including phenoxy) is 1. The zero-order valence-corrected chi connectivity index (χ0v) is 12.7. The highest BCUT2D eigenvalue weighted by atomic mass is 16.5. The number of amides is 1. The molecule has 0 fully saturated rings. The second-order valence-corrected chi connectivity index (χ2v) is 5.02. The van der Waals surface area contributed by atoms with Crippen LogP contribution in [0.15, 0.2) is 48.5 Å². The molecule has 2 aromatic carbocycles. The molecule has 2 aromatic rings. The Balaban J connectivity index is 2.18. The lowest BCUT2D eigenvalue weighted by Gasteiger charge is -2.17. The minimum atomic E-state index is -0.865. The Morgan fingerprint density at radius 2 is 1.91 bits per heavy atom. The maximum absolute atomic E-state index is 12.3. The number of nitrogens with one attached hydrogen (secondary N) is 1. The molecule has 0 aliphatic carbocycles. The van der Waals surface area contributed by atoms with Gasteiger partial charge in [0.1, 0.15) is 11.8 Å². The van der Waals surface area contributed by atoms with E-state index in [1.165, 1.54) is 25.3 Å². The van der Waals surface area contributed by atoms with Crippen LogP contribution in [-0.4, -0.2) is 30.1 Å². The molecule has 0 heterocycles. The molecule has 23 heavy (non-hydrogen) atoms. The van der Waals surface area contributed by atoms with Crippen molar-refractivity contribution in [2.75, 3.05) is 12.8 Å². The van der Waals surface area contributed by atoms with Crippen molar-refractivity contribution in [1.29, 1.82) is 0 Å². The molecule has 1 atom stereocenters. The number of anilines is 1. The van der Waals surface area contributed by atoms with E-state index in [4.69, 9.17) is 10.5 Å². The Labute approximate surface area is 133 Å². The smallest absolute Gasteiger partial charge is 0.328 e. The summed E-state index contributed by atoms with van der Waals surface area (Å²) in [6, 6.07) is 12.5. The summed E-state index contributed by atoms with van der Waals surface area (Å²) in [5.41, 5.74) is 6.84. The highest BCUT2D eigenvalue weighted by Gasteiger charge is 2.23. The number of benzene rings is 2. The Morgan fingerprint density at radius 1 is 1.22 bits per heavy atom. The molecule has 0 aliphatic heterocycles. The van der Waals surface area contributed by atoms with Crippen molar-refractivity contribution >= 4 is 17.6 Å². The summed E-state index contributed by atoms with van der Waals surface area (Å²) in [6.45, 7) is 0. The van der Waals surface area contributed by atoms with E-state index in [0.29, 0.717) is 5.69 Å². The van der Waals surface area contributed by atoms with Crippen LogP contribution in [0.1, 0.15) is 15.9 Å². The Bertz CT molecular complexity index is 701. The van der Waals surface area contributed by atoms with Crippen molar-refractivity contribution in [3.63, 3.8) is 0 Å². The number of aromatic hydroxyl groups is 1. The molecular formula is C17H18N2O4. The molecule has 0 bridgehead atoms. The van der Waals surface area contributed by atoms with Gasteiger partial charge in [0.05, 0.1) is 12.7 Å². The summed E-state index contributed by atoms with van der Waals surface area (Å²) in [7, 11) is 1.25. The van der Waals surface area contributed by atoms with Crippen molar-refractivity contribution in [3.8, 4) is 5.75 Å². The lowest BCUT2D eigenvalue weighted by molar-refractivity contribution is -0.142. The molecule has 6 nitrogen and oxygen atoms in total. The molecule has 1 amide bonds. The monoisotopic (exact) mass is 314 g/mol. The number of nitrogens with two attached hydrogens (primary N) is 1. The van der Waals surface area contributed by atoms with Gasteiger partial charge in [-0.05, 0) is 23.8 Å². The molecule has 0 aromatic heterocycles. The van der Waals surface area contributed by atoms with Gasteiger partial charge in [-0.25, -0.2) is 4.79 Å². The molecule has 120 valence electrons. The molecule has 2 rings (SSSR count). The predicted molar refractivity (Wildman–Crippen MR) is 85.9 cm³/mol. The number of phenolic OH excluding ortho intramolecular Hbond substituents is 1. The van der Waals surface area contributed by atoms with Gasteiger partial charge in [0, 0.05) is 12.1 Å². The largest absolute Gasteiger partial charge is 0.507 e. The molecule has 0 unspecified atom stereocenters. The standard InChI is InChI=1S/C17H18N2O4/c1-23-17(22)14(9-11-5-3-2-4-6-11)19-16(21)13-10-12(18)7-8-15(13)20/h2-8,10,14,20H,9,18H2,1H3,(H,19,21)/t14-/m0/s1. The minimum absolute atomic E-state index is 0.00645. The molecule has 4 N–H and O–H groups in total. The van der Waals surface area contributed by atoms with Crippen molar-refractivity contribution < 1.29 is 19.4 Å². The number of rotatable bonds is 5. The maximum Gasteiger partial charge on any atom is 0.328 e. The first-order valence-corrected chi connectivity index (χ1v) is 7.02. The Morgan fingerprint density at radius 3 is 2.57 bits per heavy atom. The van der Waals surface area contributed by atoms with Crippen LogP contribution in [0.3, 0.4) is 0 Å². The van der Waals surface area contributed by atoms with Gasteiger partial charge in [-0.1, -0.05) is 30.3 Å². The number of hydrogen-bond acceptors (Lipinski definition) is 5. The summed E-state index contributed by atoms with van der Waals surface area (Å²) in [5.74, 6) is -1.37. The molecule has 0 saturated carbocycles. The van der Waals surface area contributed by atoms with E-state index in [2.05, 4.69) is 5.32 Å². The third kappa shape index (κ3) is 4.23. The quantitative estimate of drug-likeness (QED) is 0.441.